The minimum Gasteiger partial charge on any atom is -0.794 e. The van der Waals surface area contributed by atoms with Crippen LogP contribution >= 0.6 is 7.58 Å². The van der Waals surface area contributed by atoms with Crippen molar-refractivity contribution in [1.29, 1.82) is 0 Å². The van der Waals surface area contributed by atoms with Gasteiger partial charge in [0.15, 0.2) is 0 Å². The van der Waals surface area contributed by atoms with Gasteiger partial charge < -0.3 is 25.3 Å². The number of rotatable bonds is 8. The van der Waals surface area contributed by atoms with Gasteiger partial charge in [-0.3, -0.25) is 9.05 Å². The molecule has 2 nitrogen and oxygen atoms in total. The van der Waals surface area contributed by atoms with Crippen molar-refractivity contribution in [2.45, 2.75) is 26.7 Å². The van der Waals surface area contributed by atoms with Crippen LogP contribution in [0.3, 0.4) is 0 Å². The minimum atomic E-state index is -0.839. The molecule has 8 heteroatoms. The van der Waals surface area contributed by atoms with Gasteiger partial charge in [0, 0.05) is 24.4 Å². The second-order valence-electron chi connectivity index (χ2n) is 2.37. The van der Waals surface area contributed by atoms with Gasteiger partial charge in [-0.05, 0) is 12.8 Å². The first-order valence-electron chi connectivity index (χ1n) is 4.78. The summed E-state index contributed by atoms with van der Waals surface area (Å²) in [6.07, 6.45) is 2.04. The maximum absolute atomic E-state index is 5.34. The Kier molecular flexibility index (Phi) is 32.9. The van der Waals surface area contributed by atoms with Crippen molar-refractivity contribution in [2.75, 3.05) is 24.7 Å². The standard InChI is InChI=1S/C6H14O2PS2.C2H6S2.Sb/c1-3-5-7-9(11-10)8-6-4-2;3-1-2-4;/h3-6H2,1-2H3;3-4H,1-2H2;/q+1;;/p-2. The van der Waals surface area contributed by atoms with Crippen molar-refractivity contribution in [1.82, 2.24) is 0 Å². The summed E-state index contributed by atoms with van der Waals surface area (Å²) in [4.78, 5) is 0. The molecule has 0 fully saturated rings. The molecule has 0 aromatic carbocycles. The van der Waals surface area contributed by atoms with E-state index in [9.17, 15) is 0 Å². The van der Waals surface area contributed by atoms with Gasteiger partial charge in [-0.25, -0.2) is 0 Å². The van der Waals surface area contributed by atoms with Crippen LogP contribution in [0.15, 0.2) is 0 Å². The van der Waals surface area contributed by atoms with Crippen molar-refractivity contribution in [3.05, 3.63) is 0 Å². The Morgan fingerprint density at radius 3 is 1.62 bits per heavy atom. The molecule has 16 heavy (non-hydrogen) atoms. The molecule has 0 atom stereocenters. The van der Waals surface area contributed by atoms with E-state index in [4.69, 9.17) is 20.2 Å². The zero-order valence-electron chi connectivity index (χ0n) is 9.59. The maximum Gasteiger partial charge on any atom is 0.528 e. The van der Waals surface area contributed by atoms with E-state index in [0.717, 1.165) is 37.6 Å². The molecule has 0 aliphatic carbocycles. The molecule has 0 saturated heterocycles. The zero-order valence-corrected chi connectivity index (χ0v) is 16.3. The number of hydrogen-bond acceptors (Lipinski definition) is 5. The Morgan fingerprint density at radius 2 is 1.44 bits per heavy atom. The second-order valence-corrected chi connectivity index (χ2v) is 6.99. The fraction of sp³-hybridized carbons (Fsp3) is 1.00. The van der Waals surface area contributed by atoms with Crippen LogP contribution in [0.1, 0.15) is 26.7 Å². The van der Waals surface area contributed by atoms with Gasteiger partial charge in [0.25, 0.3) is 11.2 Å². The molecule has 0 spiro atoms. The van der Waals surface area contributed by atoms with Gasteiger partial charge >= 0.3 is 17.5 Å². The van der Waals surface area contributed by atoms with Crippen LogP contribution in [0.4, 0.5) is 0 Å². The number of hydrogen-bond donors (Lipinski definition) is 0. The molecule has 97 valence electrons. The van der Waals surface area contributed by atoms with Crippen LogP contribution < -0.4 is 0 Å². The van der Waals surface area contributed by atoms with E-state index in [1.807, 2.05) is 0 Å². The molecule has 0 saturated carbocycles. The first-order valence-corrected chi connectivity index (χ1v) is 9.46. The van der Waals surface area contributed by atoms with Crippen LogP contribution in [0.5, 0.6) is 0 Å². The molecule has 0 bridgehead atoms. The molecule has 0 rings (SSSR count). The minimum absolute atomic E-state index is 0. The molecule has 3 radical (unpaired) electrons. The second kappa shape index (κ2) is 22.5. The Balaban J connectivity index is -0.000000292. The van der Waals surface area contributed by atoms with Crippen molar-refractivity contribution in [2.24, 2.45) is 0 Å². The quantitative estimate of drug-likeness (QED) is 0.256. The smallest absolute Gasteiger partial charge is 0.528 e. The van der Waals surface area contributed by atoms with Crippen molar-refractivity contribution in [3.63, 3.8) is 0 Å². The molecule has 0 aliphatic rings. The fourth-order valence-electron chi connectivity index (χ4n) is 0.412. The molecular formula is C8H18O2PS4Sb-. The maximum atomic E-state index is 5.34. The van der Waals surface area contributed by atoms with Crippen molar-refractivity contribution >= 4 is 78.4 Å². The summed E-state index contributed by atoms with van der Waals surface area (Å²) >= 11 is 13.7. The monoisotopic (exact) mass is 426 g/mol. The Labute approximate surface area is 138 Å². The average molecular weight is 427 g/mol. The summed E-state index contributed by atoms with van der Waals surface area (Å²) in [5.74, 6) is 1.44. The van der Waals surface area contributed by atoms with E-state index in [2.05, 4.69) is 39.1 Å². The zero-order chi connectivity index (χ0) is 11.9. The summed E-state index contributed by atoms with van der Waals surface area (Å²) in [6.45, 7) is 5.64. The predicted octanol–water partition coefficient (Wildman–Crippen LogP) is 2.31. The van der Waals surface area contributed by atoms with Gasteiger partial charge in [-0.1, -0.05) is 13.8 Å². The Bertz CT molecular complexity index is 125. The third kappa shape index (κ3) is 21.6. The fourth-order valence-corrected chi connectivity index (χ4v) is 2.72. The van der Waals surface area contributed by atoms with E-state index in [0.29, 0.717) is 0 Å². The summed E-state index contributed by atoms with van der Waals surface area (Å²) in [6, 6.07) is 0. The van der Waals surface area contributed by atoms with Crippen LogP contribution in [-0.4, -0.2) is 49.1 Å². The summed E-state index contributed by atoms with van der Waals surface area (Å²) in [7, 11) is 0.415. The van der Waals surface area contributed by atoms with Crippen LogP contribution in [0.2, 0.25) is 0 Å². The molecule has 0 aromatic heterocycles. The van der Waals surface area contributed by atoms with Crippen molar-refractivity contribution < 1.29 is 9.05 Å². The summed E-state index contributed by atoms with van der Waals surface area (Å²) in [5.41, 5.74) is 0. The SMILES string of the molecule is CCCOP(OCCC)[S+]=S.[S-]CC[S-].[Sb]. The molecule has 0 aliphatic heterocycles. The van der Waals surface area contributed by atoms with Crippen molar-refractivity contribution in [3.8, 4) is 0 Å². The van der Waals surface area contributed by atoms with Crippen LogP contribution in [-0.2, 0) is 55.4 Å². The van der Waals surface area contributed by atoms with Crippen LogP contribution in [0, 0.1) is 0 Å². The molecule has 0 amide bonds. The van der Waals surface area contributed by atoms with Gasteiger partial charge in [0.05, 0.1) is 13.2 Å². The third-order valence-electron chi connectivity index (χ3n) is 0.946. The van der Waals surface area contributed by atoms with Gasteiger partial charge in [-0.15, -0.1) is 0 Å². The molecule has 0 heterocycles. The van der Waals surface area contributed by atoms with E-state index >= 15 is 0 Å². The first kappa shape index (κ1) is 23.4. The third-order valence-corrected chi connectivity index (χ3v) is 4.61. The van der Waals surface area contributed by atoms with E-state index in [1.54, 1.807) is 0 Å². The molecule has 0 aromatic rings. The summed E-state index contributed by atoms with van der Waals surface area (Å²) in [5, 5.41) is 0. The van der Waals surface area contributed by atoms with Gasteiger partial charge in [-0.2, -0.15) is 11.5 Å². The summed E-state index contributed by atoms with van der Waals surface area (Å²) < 4.78 is 10.7. The molecule has 0 unspecified atom stereocenters. The Hall–Kier alpha value is 2.31. The van der Waals surface area contributed by atoms with E-state index in [1.165, 1.54) is 9.94 Å². The van der Waals surface area contributed by atoms with E-state index < -0.39 is 7.58 Å². The topological polar surface area (TPSA) is 18.5 Å². The van der Waals surface area contributed by atoms with Gasteiger partial charge in [0.1, 0.15) is 0 Å². The normalized spacial score (nSPS) is 9.06. The van der Waals surface area contributed by atoms with Gasteiger partial charge in [0.2, 0.25) is 0 Å². The molecule has 0 N–H and O–H groups in total. The average Bonchev–Trinajstić information content (AvgIpc) is 2.30. The Morgan fingerprint density at radius 1 is 1.06 bits per heavy atom. The molecular weight excluding hydrogens is 409 g/mol. The predicted molar refractivity (Wildman–Crippen MR) is 84.4 cm³/mol. The largest absolute Gasteiger partial charge is 0.794 e. The first-order chi connectivity index (χ1) is 7.26. The van der Waals surface area contributed by atoms with Crippen LogP contribution in [0.25, 0.3) is 0 Å². The van der Waals surface area contributed by atoms with E-state index in [-0.39, 0.29) is 24.4 Å².